The molecule has 2 aromatic rings. The van der Waals surface area contributed by atoms with Gasteiger partial charge in [0.05, 0.1) is 0 Å². The number of amides is 2. The third kappa shape index (κ3) is 7.02. The molecule has 2 rings (SSSR count). The van der Waals surface area contributed by atoms with Crippen LogP contribution in [-0.4, -0.2) is 35.9 Å². The van der Waals surface area contributed by atoms with Gasteiger partial charge in [-0.25, -0.2) is 4.39 Å². The minimum Gasteiger partial charge on any atom is -0.484 e. The zero-order valence-corrected chi connectivity index (χ0v) is 18.5. The van der Waals surface area contributed by atoms with Crippen molar-refractivity contribution in [3.05, 3.63) is 64.4 Å². The lowest BCUT2D eigenvalue weighted by atomic mass is 10.1. The van der Waals surface area contributed by atoms with E-state index in [2.05, 4.69) is 5.32 Å². The van der Waals surface area contributed by atoms with Gasteiger partial charge in [-0.2, -0.15) is 0 Å². The predicted molar refractivity (Wildman–Crippen MR) is 116 cm³/mol. The van der Waals surface area contributed by atoms with E-state index in [0.29, 0.717) is 23.2 Å². The quantitative estimate of drug-likeness (QED) is 0.638. The van der Waals surface area contributed by atoms with Crippen molar-refractivity contribution in [1.29, 1.82) is 0 Å². The number of hydrogen-bond acceptors (Lipinski definition) is 3. The Morgan fingerprint density at radius 2 is 1.80 bits per heavy atom. The van der Waals surface area contributed by atoms with Crippen LogP contribution in [0.3, 0.4) is 0 Å². The van der Waals surface area contributed by atoms with Crippen LogP contribution in [0.25, 0.3) is 0 Å². The third-order valence-electron chi connectivity index (χ3n) is 4.61. The normalized spacial score (nSPS) is 11.8. The van der Waals surface area contributed by atoms with E-state index in [4.69, 9.17) is 16.3 Å². The van der Waals surface area contributed by atoms with Crippen molar-refractivity contribution in [2.24, 2.45) is 5.92 Å². The second kappa shape index (κ2) is 11.0. The van der Waals surface area contributed by atoms with Crippen LogP contribution in [-0.2, 0) is 16.1 Å². The summed E-state index contributed by atoms with van der Waals surface area (Å²) in [6.07, 6.45) is 0. The van der Waals surface area contributed by atoms with E-state index < -0.39 is 6.04 Å². The summed E-state index contributed by atoms with van der Waals surface area (Å²) in [5, 5.41) is 3.46. The zero-order chi connectivity index (χ0) is 22.3. The second-order valence-corrected chi connectivity index (χ2v) is 8.07. The number of rotatable bonds is 9. The van der Waals surface area contributed by atoms with Crippen molar-refractivity contribution in [1.82, 2.24) is 10.2 Å². The van der Waals surface area contributed by atoms with Crippen LogP contribution in [0.1, 0.15) is 31.9 Å². The van der Waals surface area contributed by atoms with E-state index in [9.17, 15) is 14.0 Å². The molecule has 0 aromatic heterocycles. The fourth-order valence-corrected chi connectivity index (χ4v) is 2.87. The van der Waals surface area contributed by atoms with Crippen molar-refractivity contribution < 1.29 is 18.7 Å². The highest BCUT2D eigenvalue weighted by Gasteiger charge is 2.26. The van der Waals surface area contributed by atoms with E-state index in [-0.39, 0.29) is 30.8 Å². The average molecular weight is 435 g/mol. The third-order valence-corrected chi connectivity index (χ3v) is 5.03. The average Bonchev–Trinajstić information content (AvgIpc) is 2.71. The fraction of sp³-hybridized carbons (Fsp3) is 0.391. The van der Waals surface area contributed by atoms with Crippen LogP contribution in [0.5, 0.6) is 5.75 Å². The molecule has 0 aliphatic carbocycles. The van der Waals surface area contributed by atoms with Crippen molar-refractivity contribution in [3.63, 3.8) is 0 Å². The SMILES string of the molecule is Cc1cc(OCC(=O)N(Cc2ccc(F)cc2)C(C)C(=O)NCC(C)C)ccc1Cl. The molecule has 0 bridgehead atoms. The summed E-state index contributed by atoms with van der Waals surface area (Å²) in [6.45, 7) is 7.95. The van der Waals surface area contributed by atoms with Gasteiger partial charge in [0.1, 0.15) is 17.6 Å². The van der Waals surface area contributed by atoms with Gasteiger partial charge in [-0.15, -0.1) is 0 Å². The molecule has 1 N–H and O–H groups in total. The highest BCUT2D eigenvalue weighted by molar-refractivity contribution is 6.31. The van der Waals surface area contributed by atoms with Gasteiger partial charge in [0, 0.05) is 18.1 Å². The first kappa shape index (κ1) is 23.7. The minimum atomic E-state index is -0.711. The number of halogens is 2. The highest BCUT2D eigenvalue weighted by Crippen LogP contribution is 2.21. The lowest BCUT2D eigenvalue weighted by Crippen LogP contribution is -2.49. The van der Waals surface area contributed by atoms with Gasteiger partial charge in [-0.3, -0.25) is 9.59 Å². The number of carbonyl (C=O) groups excluding carboxylic acids is 2. The first-order valence-corrected chi connectivity index (χ1v) is 10.3. The molecule has 0 fully saturated rings. The van der Waals surface area contributed by atoms with Crippen molar-refractivity contribution in [3.8, 4) is 5.75 Å². The van der Waals surface area contributed by atoms with Crippen molar-refractivity contribution in [2.75, 3.05) is 13.2 Å². The van der Waals surface area contributed by atoms with E-state index in [0.717, 1.165) is 11.1 Å². The number of ether oxygens (including phenoxy) is 1. The lowest BCUT2D eigenvalue weighted by Gasteiger charge is -2.29. The first-order chi connectivity index (χ1) is 14.2. The lowest BCUT2D eigenvalue weighted by molar-refractivity contribution is -0.142. The summed E-state index contributed by atoms with van der Waals surface area (Å²) >= 11 is 6.02. The largest absolute Gasteiger partial charge is 0.484 e. The number of carbonyl (C=O) groups is 2. The molecule has 5 nitrogen and oxygen atoms in total. The predicted octanol–water partition coefficient (Wildman–Crippen LogP) is 4.36. The van der Waals surface area contributed by atoms with Gasteiger partial charge in [0.15, 0.2) is 6.61 Å². The summed E-state index contributed by atoms with van der Waals surface area (Å²) in [5.74, 6) is -0.149. The van der Waals surface area contributed by atoms with E-state index in [1.54, 1.807) is 37.3 Å². The molecular weight excluding hydrogens is 407 g/mol. The zero-order valence-electron chi connectivity index (χ0n) is 17.7. The summed E-state index contributed by atoms with van der Waals surface area (Å²) in [5.41, 5.74) is 1.56. The van der Waals surface area contributed by atoms with Crippen LogP contribution in [0.4, 0.5) is 4.39 Å². The van der Waals surface area contributed by atoms with Crippen LogP contribution < -0.4 is 10.1 Å². The Hall–Kier alpha value is -2.60. The van der Waals surface area contributed by atoms with Gasteiger partial charge in [-0.05, 0) is 61.2 Å². The topological polar surface area (TPSA) is 58.6 Å². The molecule has 162 valence electrons. The van der Waals surface area contributed by atoms with Crippen molar-refractivity contribution in [2.45, 2.75) is 40.3 Å². The van der Waals surface area contributed by atoms with E-state index in [1.807, 2.05) is 20.8 Å². The number of benzene rings is 2. The van der Waals surface area contributed by atoms with Crippen LogP contribution in [0.2, 0.25) is 5.02 Å². The van der Waals surface area contributed by atoms with Gasteiger partial charge in [0.2, 0.25) is 5.91 Å². The molecule has 2 aromatic carbocycles. The molecule has 0 saturated heterocycles. The maximum absolute atomic E-state index is 13.2. The smallest absolute Gasteiger partial charge is 0.261 e. The Morgan fingerprint density at radius 1 is 1.13 bits per heavy atom. The summed E-state index contributed by atoms with van der Waals surface area (Å²) in [4.78, 5) is 27.0. The monoisotopic (exact) mass is 434 g/mol. The number of hydrogen-bond donors (Lipinski definition) is 1. The van der Waals surface area contributed by atoms with Crippen molar-refractivity contribution >= 4 is 23.4 Å². The molecule has 2 amide bonds. The number of aryl methyl sites for hydroxylation is 1. The molecule has 0 saturated carbocycles. The summed E-state index contributed by atoms with van der Waals surface area (Å²) in [6, 6.07) is 10.3. The maximum Gasteiger partial charge on any atom is 0.261 e. The van der Waals surface area contributed by atoms with Crippen LogP contribution >= 0.6 is 11.6 Å². The molecule has 1 unspecified atom stereocenters. The molecule has 0 aliphatic heterocycles. The number of nitrogens with zero attached hydrogens (tertiary/aromatic N) is 1. The van der Waals surface area contributed by atoms with Crippen LogP contribution in [0.15, 0.2) is 42.5 Å². The Labute approximate surface area is 182 Å². The van der Waals surface area contributed by atoms with Gasteiger partial charge >= 0.3 is 0 Å². The van der Waals surface area contributed by atoms with Gasteiger partial charge in [0.25, 0.3) is 5.91 Å². The highest BCUT2D eigenvalue weighted by atomic mass is 35.5. The maximum atomic E-state index is 13.2. The molecule has 30 heavy (non-hydrogen) atoms. The van der Waals surface area contributed by atoms with E-state index in [1.165, 1.54) is 17.0 Å². The van der Waals surface area contributed by atoms with E-state index >= 15 is 0 Å². The molecule has 0 aliphatic rings. The standard InChI is InChI=1S/C23H28ClFN2O3/c1-15(2)12-26-23(29)17(4)27(13-18-5-7-19(25)8-6-18)22(28)14-30-20-9-10-21(24)16(3)11-20/h5-11,15,17H,12-14H2,1-4H3,(H,26,29). The molecule has 1 atom stereocenters. The van der Waals surface area contributed by atoms with Crippen LogP contribution in [0, 0.1) is 18.7 Å². The summed E-state index contributed by atoms with van der Waals surface area (Å²) < 4.78 is 18.9. The Bertz CT molecular complexity index is 871. The molecule has 0 radical (unpaired) electrons. The molecule has 0 spiro atoms. The second-order valence-electron chi connectivity index (χ2n) is 7.66. The fourth-order valence-electron chi connectivity index (χ4n) is 2.76. The molecule has 7 heteroatoms. The Balaban J connectivity index is 2.13. The number of nitrogens with one attached hydrogen (secondary N) is 1. The summed E-state index contributed by atoms with van der Waals surface area (Å²) in [7, 11) is 0. The minimum absolute atomic E-state index is 0.165. The first-order valence-electron chi connectivity index (χ1n) is 9.88. The Kier molecular flexibility index (Phi) is 8.66. The molecule has 0 heterocycles. The Morgan fingerprint density at radius 3 is 2.40 bits per heavy atom. The van der Waals surface area contributed by atoms with Gasteiger partial charge in [-0.1, -0.05) is 37.6 Å². The molecular formula is C23H28ClFN2O3. The van der Waals surface area contributed by atoms with Gasteiger partial charge < -0.3 is 15.0 Å².